The number of pyridine rings is 1. The fraction of sp³-hybridized carbons (Fsp3) is 0.105. The van der Waals surface area contributed by atoms with Gasteiger partial charge in [0.2, 0.25) is 0 Å². The number of fused-ring (bicyclic) bond motifs is 1. The van der Waals surface area contributed by atoms with Crippen molar-refractivity contribution in [2.75, 3.05) is 7.11 Å². The lowest BCUT2D eigenvalue weighted by Crippen LogP contribution is -1.94. The van der Waals surface area contributed by atoms with Gasteiger partial charge >= 0.3 is 0 Å². The lowest BCUT2D eigenvalue weighted by molar-refractivity contribution is 0.307. The molecule has 0 aliphatic rings. The summed E-state index contributed by atoms with van der Waals surface area (Å²) in [5.74, 6) is 1.72. The Hall–Kier alpha value is -2.79. The second kappa shape index (κ2) is 6.37. The molecule has 0 unspecified atom stereocenters. The molecule has 4 rings (SSSR count). The van der Waals surface area contributed by atoms with Crippen LogP contribution >= 0.6 is 11.3 Å². The van der Waals surface area contributed by atoms with E-state index in [0.717, 1.165) is 33.3 Å². The van der Waals surface area contributed by atoms with Crippen LogP contribution in [-0.4, -0.2) is 16.5 Å². The summed E-state index contributed by atoms with van der Waals surface area (Å²) in [6.45, 7) is 0.535. The molecule has 0 bridgehead atoms. The highest BCUT2D eigenvalue weighted by Gasteiger charge is 2.09. The maximum absolute atomic E-state index is 5.90. The van der Waals surface area contributed by atoms with Crippen molar-refractivity contribution in [2.45, 2.75) is 6.61 Å². The minimum Gasteiger partial charge on any atom is -0.497 e. The van der Waals surface area contributed by atoms with Crippen molar-refractivity contribution in [1.29, 1.82) is 0 Å². The van der Waals surface area contributed by atoms with Crippen LogP contribution in [0.25, 0.3) is 16.2 Å². The van der Waals surface area contributed by atoms with Crippen LogP contribution in [0, 0.1) is 0 Å². The summed E-state index contributed by atoms with van der Waals surface area (Å²) in [6, 6.07) is 16.0. The number of ether oxygens (including phenoxy) is 2. The van der Waals surface area contributed by atoms with Crippen molar-refractivity contribution < 1.29 is 9.47 Å². The molecule has 0 spiro atoms. The summed E-state index contributed by atoms with van der Waals surface area (Å²) >= 11 is 1.66. The third-order valence-corrected chi connectivity index (χ3v) is 4.74. The SMILES string of the molecule is COc1ccc(COc2csc(-c3cnc4ccccn34)c2)cc1. The Balaban J connectivity index is 1.50. The number of thiophene rings is 1. The highest BCUT2D eigenvalue weighted by molar-refractivity contribution is 7.13. The molecule has 24 heavy (non-hydrogen) atoms. The number of imidazole rings is 1. The van der Waals surface area contributed by atoms with Crippen LogP contribution in [0.15, 0.2) is 66.3 Å². The number of nitrogens with zero attached hydrogens (tertiary/aromatic N) is 2. The van der Waals surface area contributed by atoms with E-state index in [1.54, 1.807) is 18.4 Å². The molecule has 120 valence electrons. The van der Waals surface area contributed by atoms with Gasteiger partial charge in [0.25, 0.3) is 0 Å². The molecular weight excluding hydrogens is 320 g/mol. The molecule has 0 saturated carbocycles. The van der Waals surface area contributed by atoms with Crippen LogP contribution in [0.4, 0.5) is 0 Å². The first kappa shape index (κ1) is 14.8. The predicted octanol–water partition coefficient (Wildman–Crippen LogP) is 4.65. The molecule has 0 radical (unpaired) electrons. The molecule has 0 amide bonds. The summed E-state index contributed by atoms with van der Waals surface area (Å²) in [5, 5.41) is 2.03. The van der Waals surface area contributed by atoms with Crippen molar-refractivity contribution in [2.24, 2.45) is 0 Å². The highest BCUT2D eigenvalue weighted by atomic mass is 32.1. The van der Waals surface area contributed by atoms with Crippen LogP contribution in [0.5, 0.6) is 11.5 Å². The van der Waals surface area contributed by atoms with Gasteiger partial charge in [0, 0.05) is 17.6 Å². The molecule has 0 fully saturated rings. The summed E-state index contributed by atoms with van der Waals surface area (Å²) in [5.41, 5.74) is 3.13. The van der Waals surface area contributed by atoms with Gasteiger partial charge in [0.1, 0.15) is 23.8 Å². The fourth-order valence-corrected chi connectivity index (χ4v) is 3.37. The minimum atomic E-state index is 0.535. The molecule has 0 N–H and O–H groups in total. The molecule has 3 aromatic heterocycles. The number of benzene rings is 1. The first-order valence-corrected chi connectivity index (χ1v) is 8.48. The van der Waals surface area contributed by atoms with E-state index in [-0.39, 0.29) is 0 Å². The van der Waals surface area contributed by atoms with Gasteiger partial charge in [-0.05, 0) is 29.8 Å². The molecular formula is C19H16N2O2S. The normalized spacial score (nSPS) is 10.9. The van der Waals surface area contributed by atoms with Gasteiger partial charge in [-0.3, -0.25) is 4.40 Å². The van der Waals surface area contributed by atoms with Crippen molar-refractivity contribution >= 4 is 17.0 Å². The van der Waals surface area contributed by atoms with E-state index in [2.05, 4.69) is 15.5 Å². The van der Waals surface area contributed by atoms with Crippen LogP contribution in [0.3, 0.4) is 0 Å². The largest absolute Gasteiger partial charge is 0.497 e. The number of hydrogen-bond acceptors (Lipinski definition) is 4. The lowest BCUT2D eigenvalue weighted by atomic mass is 10.2. The Bertz CT molecular complexity index is 957. The molecule has 0 aliphatic heterocycles. The second-order valence-electron chi connectivity index (χ2n) is 5.36. The number of hydrogen-bond donors (Lipinski definition) is 0. The van der Waals surface area contributed by atoms with Crippen LogP contribution < -0.4 is 9.47 Å². The summed E-state index contributed by atoms with van der Waals surface area (Å²) in [7, 11) is 1.67. The van der Waals surface area contributed by atoms with Gasteiger partial charge < -0.3 is 9.47 Å². The molecule has 4 nitrogen and oxygen atoms in total. The standard InChI is InChI=1S/C19H16N2O2S/c1-22-15-7-5-14(6-8-15)12-23-16-10-18(24-13-16)17-11-20-19-4-2-3-9-21(17)19/h2-11,13H,12H2,1H3. The van der Waals surface area contributed by atoms with Gasteiger partial charge in [0.05, 0.1) is 23.9 Å². The molecule has 0 saturated heterocycles. The van der Waals surface area contributed by atoms with E-state index in [1.165, 1.54) is 0 Å². The Morgan fingerprint density at radius 3 is 2.79 bits per heavy atom. The first-order valence-electron chi connectivity index (χ1n) is 7.60. The monoisotopic (exact) mass is 336 g/mol. The average molecular weight is 336 g/mol. The maximum Gasteiger partial charge on any atom is 0.137 e. The average Bonchev–Trinajstić information content (AvgIpc) is 3.27. The van der Waals surface area contributed by atoms with Crippen LogP contribution in [-0.2, 0) is 6.61 Å². The Kier molecular flexibility index (Phi) is 3.92. The van der Waals surface area contributed by atoms with Gasteiger partial charge in [-0.25, -0.2) is 4.98 Å². The molecule has 3 heterocycles. The lowest BCUT2D eigenvalue weighted by Gasteiger charge is -2.05. The third-order valence-electron chi connectivity index (χ3n) is 3.81. The highest BCUT2D eigenvalue weighted by Crippen LogP contribution is 2.32. The summed E-state index contributed by atoms with van der Waals surface area (Å²) in [4.78, 5) is 5.57. The molecule has 0 aliphatic carbocycles. The van der Waals surface area contributed by atoms with E-state index in [4.69, 9.17) is 9.47 Å². The van der Waals surface area contributed by atoms with Gasteiger partial charge in [-0.2, -0.15) is 0 Å². The van der Waals surface area contributed by atoms with Crippen molar-refractivity contribution in [3.05, 3.63) is 71.9 Å². The molecule has 5 heteroatoms. The fourth-order valence-electron chi connectivity index (χ4n) is 2.53. The predicted molar refractivity (Wildman–Crippen MR) is 95.8 cm³/mol. The van der Waals surface area contributed by atoms with Gasteiger partial charge in [-0.1, -0.05) is 18.2 Å². The van der Waals surface area contributed by atoms with Crippen molar-refractivity contribution in [1.82, 2.24) is 9.38 Å². The van der Waals surface area contributed by atoms with Gasteiger partial charge in [-0.15, -0.1) is 11.3 Å². The second-order valence-corrected chi connectivity index (χ2v) is 6.27. The summed E-state index contributed by atoms with van der Waals surface area (Å²) in [6.07, 6.45) is 3.92. The number of methoxy groups -OCH3 is 1. The Morgan fingerprint density at radius 2 is 1.96 bits per heavy atom. The quantitative estimate of drug-likeness (QED) is 0.532. The third kappa shape index (κ3) is 2.86. The minimum absolute atomic E-state index is 0.535. The number of rotatable bonds is 5. The zero-order chi connectivity index (χ0) is 16.4. The van der Waals surface area contributed by atoms with Crippen molar-refractivity contribution in [3.63, 3.8) is 0 Å². The van der Waals surface area contributed by atoms with Crippen LogP contribution in [0.1, 0.15) is 5.56 Å². The van der Waals surface area contributed by atoms with E-state index < -0.39 is 0 Å². The van der Waals surface area contributed by atoms with Gasteiger partial charge in [0.15, 0.2) is 0 Å². The zero-order valence-electron chi connectivity index (χ0n) is 13.2. The van der Waals surface area contributed by atoms with E-state index in [0.29, 0.717) is 6.61 Å². The smallest absolute Gasteiger partial charge is 0.137 e. The maximum atomic E-state index is 5.90. The van der Waals surface area contributed by atoms with Crippen molar-refractivity contribution in [3.8, 4) is 22.1 Å². The first-order chi connectivity index (χ1) is 11.8. The topological polar surface area (TPSA) is 35.8 Å². The summed E-state index contributed by atoms with van der Waals surface area (Å²) < 4.78 is 13.1. The van der Waals surface area contributed by atoms with E-state index in [1.807, 2.05) is 60.2 Å². The Labute approximate surface area is 143 Å². The molecule has 0 atom stereocenters. The van der Waals surface area contributed by atoms with Crippen LogP contribution in [0.2, 0.25) is 0 Å². The van der Waals surface area contributed by atoms with E-state index in [9.17, 15) is 0 Å². The Morgan fingerprint density at radius 1 is 1.08 bits per heavy atom. The molecule has 4 aromatic rings. The molecule has 1 aromatic carbocycles. The number of aromatic nitrogens is 2. The van der Waals surface area contributed by atoms with E-state index >= 15 is 0 Å². The zero-order valence-corrected chi connectivity index (χ0v) is 14.0.